The molecule has 152 valence electrons. The van der Waals surface area contributed by atoms with Crippen molar-refractivity contribution in [1.29, 1.82) is 0 Å². The van der Waals surface area contributed by atoms with Crippen LogP contribution in [0.4, 0.5) is 6.01 Å². The van der Waals surface area contributed by atoms with Crippen LogP contribution < -0.4 is 10.0 Å². The number of carbonyl (C=O) groups is 2. The molecule has 1 aromatic carbocycles. The van der Waals surface area contributed by atoms with E-state index in [1.165, 1.54) is 18.7 Å². The van der Waals surface area contributed by atoms with Crippen LogP contribution in [0.2, 0.25) is 0 Å². The molecule has 2 aliphatic rings. The Morgan fingerprint density at radius 1 is 1.20 bits per heavy atom. The Kier molecular flexibility index (Phi) is 4.27. The first kappa shape index (κ1) is 18.4. The van der Waals surface area contributed by atoms with Crippen molar-refractivity contribution in [1.82, 2.24) is 4.98 Å². The highest BCUT2D eigenvalue weighted by atomic mass is 16.6. The highest BCUT2D eigenvalue weighted by Gasteiger charge is 2.49. The number of hydrogen-bond donors (Lipinski definition) is 1. The maximum absolute atomic E-state index is 12.7. The average molecular weight is 405 g/mol. The van der Waals surface area contributed by atoms with Gasteiger partial charge in [-0.25, -0.2) is 4.79 Å². The van der Waals surface area contributed by atoms with Gasteiger partial charge in [-0.3, -0.25) is 10.1 Å². The zero-order valence-electron chi connectivity index (χ0n) is 16.0. The molecule has 0 radical (unpaired) electrons. The third kappa shape index (κ3) is 3.10. The van der Waals surface area contributed by atoms with Gasteiger partial charge in [0.1, 0.15) is 23.1 Å². The molecule has 1 aliphatic heterocycles. The molecule has 1 spiro atoms. The normalized spacial score (nSPS) is 22.5. The standard InChI is InChI=1S/C22H19N3O5/c26-19(24-21-23-18(13-29-21)14-4-2-1-3-5-14)15-6-9-22(10-7-15)17-8-11-25(28)12-16(17)20(27)30-22/h1-5,8,11-13,15H,6-7,9-10H2,(H,23,24,26). The lowest BCUT2D eigenvalue weighted by molar-refractivity contribution is -0.605. The summed E-state index contributed by atoms with van der Waals surface area (Å²) in [4.78, 5) is 29.2. The monoisotopic (exact) mass is 405 g/mol. The van der Waals surface area contributed by atoms with Gasteiger partial charge in [-0.2, -0.15) is 9.71 Å². The number of anilines is 1. The second-order valence-corrected chi connectivity index (χ2v) is 7.68. The number of esters is 1. The summed E-state index contributed by atoms with van der Waals surface area (Å²) in [5.41, 5.74) is 1.85. The van der Waals surface area contributed by atoms with Gasteiger partial charge < -0.3 is 14.4 Å². The van der Waals surface area contributed by atoms with Crippen LogP contribution in [-0.2, 0) is 15.1 Å². The zero-order valence-corrected chi connectivity index (χ0v) is 16.0. The Labute approximate surface area is 172 Å². The topological polar surface area (TPSA) is 108 Å². The number of oxazole rings is 1. The molecule has 1 fully saturated rings. The van der Waals surface area contributed by atoms with E-state index in [1.807, 2.05) is 30.3 Å². The van der Waals surface area contributed by atoms with E-state index in [0.29, 0.717) is 41.7 Å². The van der Waals surface area contributed by atoms with Gasteiger partial charge in [0.2, 0.25) is 5.91 Å². The van der Waals surface area contributed by atoms with E-state index in [-0.39, 0.29) is 17.8 Å². The molecule has 0 atom stereocenters. The molecule has 3 aromatic rings. The number of rotatable bonds is 3. The first-order chi connectivity index (χ1) is 14.5. The smallest absolute Gasteiger partial charge is 0.345 e. The SMILES string of the molecule is O=C1OC2(CCC(C(=O)Nc3nc(-c4ccccc4)co3)CC2)c2cc[n+]([O-])cc21. The van der Waals surface area contributed by atoms with Gasteiger partial charge in [-0.05, 0) is 25.7 Å². The number of pyridine rings is 1. The highest BCUT2D eigenvalue weighted by molar-refractivity contribution is 5.94. The Morgan fingerprint density at radius 3 is 2.73 bits per heavy atom. The number of nitrogens with one attached hydrogen (secondary N) is 1. The second-order valence-electron chi connectivity index (χ2n) is 7.68. The number of fused-ring (bicyclic) bond motifs is 2. The first-order valence-corrected chi connectivity index (χ1v) is 9.82. The summed E-state index contributed by atoms with van der Waals surface area (Å²) in [6, 6.07) is 11.4. The minimum atomic E-state index is -0.749. The van der Waals surface area contributed by atoms with Crippen molar-refractivity contribution in [3.63, 3.8) is 0 Å². The fourth-order valence-electron chi connectivity index (χ4n) is 4.32. The number of hydrogen-bond acceptors (Lipinski definition) is 6. The number of nitrogens with zero attached hydrogens (tertiary/aromatic N) is 2. The molecule has 1 N–H and O–H groups in total. The van der Waals surface area contributed by atoms with Crippen molar-refractivity contribution in [2.24, 2.45) is 5.92 Å². The summed E-state index contributed by atoms with van der Waals surface area (Å²) in [6.07, 6.45) is 6.28. The van der Waals surface area contributed by atoms with Crippen LogP contribution >= 0.6 is 0 Å². The molecule has 1 saturated carbocycles. The van der Waals surface area contributed by atoms with Crippen LogP contribution in [0.5, 0.6) is 0 Å². The number of carbonyl (C=O) groups excluding carboxylic acids is 2. The Bertz CT molecular complexity index is 1120. The highest BCUT2D eigenvalue weighted by Crippen LogP contribution is 2.47. The summed E-state index contributed by atoms with van der Waals surface area (Å²) in [5.74, 6) is -0.883. The predicted molar refractivity (Wildman–Crippen MR) is 105 cm³/mol. The van der Waals surface area contributed by atoms with E-state index in [9.17, 15) is 14.8 Å². The largest absolute Gasteiger partial charge is 0.619 e. The molecule has 8 heteroatoms. The van der Waals surface area contributed by atoms with Crippen molar-refractivity contribution < 1.29 is 23.5 Å². The molecule has 30 heavy (non-hydrogen) atoms. The lowest BCUT2D eigenvalue weighted by atomic mass is 9.75. The number of aromatic nitrogens is 2. The number of ether oxygens (including phenoxy) is 1. The number of amides is 1. The van der Waals surface area contributed by atoms with Gasteiger partial charge in [0.15, 0.2) is 12.4 Å². The van der Waals surface area contributed by atoms with Crippen molar-refractivity contribution in [3.05, 3.63) is 71.4 Å². The van der Waals surface area contributed by atoms with Gasteiger partial charge >= 0.3 is 12.0 Å². The molecular formula is C22H19N3O5. The van der Waals surface area contributed by atoms with E-state index in [2.05, 4.69) is 10.3 Å². The van der Waals surface area contributed by atoms with E-state index in [0.717, 1.165) is 11.1 Å². The van der Waals surface area contributed by atoms with Crippen LogP contribution in [0.3, 0.4) is 0 Å². The van der Waals surface area contributed by atoms with E-state index in [4.69, 9.17) is 9.15 Å². The number of benzene rings is 1. The lowest BCUT2D eigenvalue weighted by Crippen LogP contribution is -2.36. The summed E-state index contributed by atoms with van der Waals surface area (Å²) < 4.78 is 11.7. The third-order valence-electron chi connectivity index (χ3n) is 5.90. The van der Waals surface area contributed by atoms with E-state index < -0.39 is 11.6 Å². The van der Waals surface area contributed by atoms with Crippen LogP contribution in [0, 0.1) is 11.1 Å². The third-order valence-corrected chi connectivity index (χ3v) is 5.90. The maximum Gasteiger partial charge on any atom is 0.345 e. The lowest BCUT2D eigenvalue weighted by Gasteiger charge is -2.35. The van der Waals surface area contributed by atoms with Crippen LogP contribution in [0.1, 0.15) is 41.6 Å². The van der Waals surface area contributed by atoms with Crippen LogP contribution in [-0.4, -0.2) is 16.9 Å². The van der Waals surface area contributed by atoms with Gasteiger partial charge in [-0.15, -0.1) is 0 Å². The van der Waals surface area contributed by atoms with E-state index >= 15 is 0 Å². The summed E-state index contributed by atoms with van der Waals surface area (Å²) in [7, 11) is 0. The van der Waals surface area contributed by atoms with Gasteiger partial charge in [0, 0.05) is 23.1 Å². The fraction of sp³-hybridized carbons (Fsp3) is 0.273. The Balaban J connectivity index is 1.25. The molecule has 8 nitrogen and oxygen atoms in total. The zero-order chi connectivity index (χ0) is 20.7. The molecule has 0 saturated heterocycles. The van der Waals surface area contributed by atoms with Gasteiger partial charge in [0.05, 0.1) is 0 Å². The molecule has 1 amide bonds. The molecule has 3 heterocycles. The summed E-state index contributed by atoms with van der Waals surface area (Å²) >= 11 is 0. The summed E-state index contributed by atoms with van der Waals surface area (Å²) in [6.45, 7) is 0. The molecule has 2 aromatic heterocycles. The molecule has 0 unspecified atom stereocenters. The van der Waals surface area contributed by atoms with Gasteiger partial charge in [0.25, 0.3) is 0 Å². The fourth-order valence-corrected chi connectivity index (χ4v) is 4.32. The maximum atomic E-state index is 12.7. The van der Waals surface area contributed by atoms with Gasteiger partial charge in [-0.1, -0.05) is 30.3 Å². The Hall–Kier alpha value is -3.68. The van der Waals surface area contributed by atoms with Crippen molar-refractivity contribution in [2.75, 3.05) is 5.32 Å². The van der Waals surface area contributed by atoms with Crippen molar-refractivity contribution in [2.45, 2.75) is 31.3 Å². The molecule has 0 bridgehead atoms. The van der Waals surface area contributed by atoms with Crippen molar-refractivity contribution >= 4 is 17.9 Å². The predicted octanol–water partition coefficient (Wildman–Crippen LogP) is 3.17. The van der Waals surface area contributed by atoms with Crippen LogP contribution in [0.25, 0.3) is 11.3 Å². The van der Waals surface area contributed by atoms with Crippen LogP contribution in [0.15, 0.2) is 59.5 Å². The van der Waals surface area contributed by atoms with Crippen molar-refractivity contribution in [3.8, 4) is 11.3 Å². The first-order valence-electron chi connectivity index (χ1n) is 9.82. The summed E-state index contributed by atoms with van der Waals surface area (Å²) in [5, 5.41) is 14.2. The molecule has 1 aliphatic carbocycles. The minimum Gasteiger partial charge on any atom is -0.619 e. The minimum absolute atomic E-state index is 0.164. The quantitative estimate of drug-likeness (QED) is 0.407. The second kappa shape index (κ2) is 6.98. The molecule has 5 rings (SSSR count). The Morgan fingerprint density at radius 2 is 1.97 bits per heavy atom. The average Bonchev–Trinajstić information content (AvgIpc) is 3.32. The van der Waals surface area contributed by atoms with E-state index in [1.54, 1.807) is 6.07 Å². The molecular weight excluding hydrogens is 386 g/mol.